The summed E-state index contributed by atoms with van der Waals surface area (Å²) in [5.41, 5.74) is 2.75. The molecule has 1 atom stereocenters. The number of unbranched alkanes of at least 4 members (excludes halogenated alkanes) is 7. The van der Waals surface area contributed by atoms with Crippen LogP contribution in [-0.2, 0) is 9.53 Å². The van der Waals surface area contributed by atoms with Crippen molar-refractivity contribution in [2.75, 3.05) is 6.61 Å². The topological polar surface area (TPSA) is 47.9 Å². The molecular formula is C31H43NO3. The lowest BCUT2D eigenvalue weighted by Gasteiger charge is -2.09. The molecule has 0 fully saturated rings. The summed E-state index contributed by atoms with van der Waals surface area (Å²) in [4.78, 5) is 16.5. The van der Waals surface area contributed by atoms with Gasteiger partial charge in [-0.25, -0.2) is 4.79 Å². The number of ether oxygens (including phenoxy) is 2. The third-order valence-electron chi connectivity index (χ3n) is 5.84. The number of para-hydroxylation sites is 1. The van der Waals surface area contributed by atoms with E-state index >= 15 is 0 Å². The fourth-order valence-corrected chi connectivity index (χ4v) is 3.82. The third kappa shape index (κ3) is 12.4. The third-order valence-corrected chi connectivity index (χ3v) is 5.84. The van der Waals surface area contributed by atoms with Crippen molar-refractivity contribution in [3.8, 4) is 5.75 Å². The summed E-state index contributed by atoms with van der Waals surface area (Å²) in [5, 5.41) is 0. The van der Waals surface area contributed by atoms with E-state index in [1.54, 1.807) is 6.08 Å². The summed E-state index contributed by atoms with van der Waals surface area (Å²) in [5.74, 6) is 0.561. The van der Waals surface area contributed by atoms with Gasteiger partial charge in [0.2, 0.25) is 0 Å². The van der Waals surface area contributed by atoms with E-state index in [-0.39, 0.29) is 12.1 Å². The van der Waals surface area contributed by atoms with Crippen LogP contribution in [0.5, 0.6) is 5.75 Å². The highest BCUT2D eigenvalue weighted by Gasteiger charge is 2.05. The molecule has 0 spiro atoms. The van der Waals surface area contributed by atoms with E-state index in [2.05, 4.69) is 18.8 Å². The summed E-state index contributed by atoms with van der Waals surface area (Å²) in [6.45, 7) is 6.99. The van der Waals surface area contributed by atoms with Crippen LogP contribution in [-0.4, -0.2) is 24.9 Å². The normalized spacial score (nSPS) is 12.3. The van der Waals surface area contributed by atoms with Crippen LogP contribution in [0.2, 0.25) is 0 Å². The van der Waals surface area contributed by atoms with E-state index in [0.717, 1.165) is 48.4 Å². The first-order chi connectivity index (χ1) is 17.1. The van der Waals surface area contributed by atoms with Crippen LogP contribution in [0.3, 0.4) is 0 Å². The van der Waals surface area contributed by atoms with Crippen molar-refractivity contribution < 1.29 is 14.3 Å². The molecule has 2 rings (SSSR count). The summed E-state index contributed by atoms with van der Waals surface area (Å²) >= 11 is 0. The molecule has 4 nitrogen and oxygen atoms in total. The highest BCUT2D eigenvalue weighted by molar-refractivity contribution is 5.87. The zero-order valence-electron chi connectivity index (χ0n) is 21.9. The number of nitrogens with zero attached hydrogens (tertiary/aromatic N) is 1. The van der Waals surface area contributed by atoms with Gasteiger partial charge in [0.05, 0.1) is 18.4 Å². The number of hydrogen-bond acceptors (Lipinski definition) is 4. The second-order valence-electron chi connectivity index (χ2n) is 9.08. The lowest BCUT2D eigenvalue weighted by Crippen LogP contribution is -2.12. The Morgan fingerprint density at radius 3 is 2.29 bits per heavy atom. The van der Waals surface area contributed by atoms with E-state index in [9.17, 15) is 4.79 Å². The van der Waals surface area contributed by atoms with E-state index in [1.807, 2.05) is 61.7 Å². The van der Waals surface area contributed by atoms with Crippen molar-refractivity contribution in [2.24, 2.45) is 4.99 Å². The molecule has 0 saturated carbocycles. The molecule has 4 heteroatoms. The Balaban J connectivity index is 1.80. The maximum absolute atomic E-state index is 11.9. The van der Waals surface area contributed by atoms with Gasteiger partial charge in [0.15, 0.2) is 0 Å². The number of aliphatic imine (C=N–C) groups is 1. The summed E-state index contributed by atoms with van der Waals surface area (Å²) in [6.07, 6.45) is 17.2. The molecule has 0 saturated heterocycles. The van der Waals surface area contributed by atoms with Crippen molar-refractivity contribution in [2.45, 2.75) is 91.1 Å². The van der Waals surface area contributed by atoms with E-state index < -0.39 is 0 Å². The molecular weight excluding hydrogens is 434 g/mol. The number of carbonyl (C=O) groups is 1. The summed E-state index contributed by atoms with van der Waals surface area (Å²) in [6, 6.07) is 15.8. The predicted octanol–water partition coefficient (Wildman–Crippen LogP) is 8.70. The summed E-state index contributed by atoms with van der Waals surface area (Å²) in [7, 11) is 0. The van der Waals surface area contributed by atoms with Gasteiger partial charge in [-0.05, 0) is 55.7 Å². The van der Waals surface area contributed by atoms with E-state index in [0.29, 0.717) is 0 Å². The van der Waals surface area contributed by atoms with Crippen LogP contribution in [0.15, 0.2) is 59.6 Å². The molecule has 0 aliphatic carbocycles. The van der Waals surface area contributed by atoms with Crippen molar-refractivity contribution in [1.29, 1.82) is 0 Å². The first-order valence-electron chi connectivity index (χ1n) is 13.4. The molecule has 0 aliphatic rings. The SMILES string of the molecule is CCCCCCCCCCOc1ccccc1C=Nc1ccc(/C=C/C(=O)OC(C)CCC)cc1. The van der Waals surface area contributed by atoms with Crippen LogP contribution in [0, 0.1) is 0 Å². The molecule has 0 aliphatic heterocycles. The van der Waals surface area contributed by atoms with Gasteiger partial charge in [-0.15, -0.1) is 0 Å². The highest BCUT2D eigenvalue weighted by Crippen LogP contribution is 2.19. The smallest absolute Gasteiger partial charge is 0.331 e. The van der Waals surface area contributed by atoms with Crippen LogP contribution in [0.25, 0.3) is 6.08 Å². The molecule has 0 radical (unpaired) electrons. The second-order valence-corrected chi connectivity index (χ2v) is 9.08. The minimum absolute atomic E-state index is 0.0546. The molecule has 35 heavy (non-hydrogen) atoms. The van der Waals surface area contributed by atoms with Gasteiger partial charge in [-0.1, -0.05) is 89.5 Å². The number of carbonyl (C=O) groups excluding carboxylic acids is 1. The molecule has 2 aromatic carbocycles. The number of rotatable bonds is 17. The Morgan fingerprint density at radius 1 is 0.886 bits per heavy atom. The average molecular weight is 478 g/mol. The maximum atomic E-state index is 11.9. The Labute approximate surface area is 212 Å². The van der Waals surface area contributed by atoms with Gasteiger partial charge < -0.3 is 9.47 Å². The zero-order chi connectivity index (χ0) is 25.1. The zero-order valence-corrected chi connectivity index (χ0v) is 21.9. The Kier molecular flexibility index (Phi) is 14.2. The van der Waals surface area contributed by atoms with Crippen LogP contribution in [0.4, 0.5) is 5.69 Å². The first-order valence-corrected chi connectivity index (χ1v) is 13.4. The molecule has 0 N–H and O–H groups in total. The van der Waals surface area contributed by atoms with Crippen LogP contribution < -0.4 is 4.74 Å². The van der Waals surface area contributed by atoms with Gasteiger partial charge in [0.1, 0.15) is 5.75 Å². The molecule has 0 heterocycles. The molecule has 2 aromatic rings. The number of esters is 1. The molecule has 1 unspecified atom stereocenters. The molecule has 0 aromatic heterocycles. The van der Waals surface area contributed by atoms with Gasteiger partial charge in [-0.3, -0.25) is 4.99 Å². The van der Waals surface area contributed by atoms with Gasteiger partial charge in [0, 0.05) is 17.9 Å². The molecule has 0 bridgehead atoms. The fourth-order valence-electron chi connectivity index (χ4n) is 3.82. The molecule has 190 valence electrons. The lowest BCUT2D eigenvalue weighted by atomic mass is 10.1. The van der Waals surface area contributed by atoms with E-state index in [1.165, 1.54) is 51.0 Å². The van der Waals surface area contributed by atoms with E-state index in [4.69, 9.17) is 9.47 Å². The lowest BCUT2D eigenvalue weighted by molar-refractivity contribution is -0.142. The van der Waals surface area contributed by atoms with Crippen LogP contribution in [0.1, 0.15) is 96.1 Å². The second kappa shape index (κ2) is 17.5. The van der Waals surface area contributed by atoms with Gasteiger partial charge >= 0.3 is 5.97 Å². The highest BCUT2D eigenvalue weighted by atomic mass is 16.5. The number of benzene rings is 2. The largest absolute Gasteiger partial charge is 0.493 e. The minimum atomic E-state index is -0.309. The van der Waals surface area contributed by atoms with Gasteiger partial charge in [0.25, 0.3) is 0 Å². The minimum Gasteiger partial charge on any atom is -0.493 e. The standard InChI is InChI=1S/C31H43NO3/c1-4-6-7-8-9-10-11-14-24-34-30-17-13-12-16-28(30)25-32-29-21-18-27(19-22-29)20-23-31(33)35-26(3)15-5-2/h12-13,16-23,25-26H,4-11,14-15,24H2,1-3H3/b23-20+,32-25?. The van der Waals surface area contributed by atoms with Crippen molar-refractivity contribution >= 4 is 23.9 Å². The maximum Gasteiger partial charge on any atom is 0.331 e. The number of hydrogen-bond donors (Lipinski definition) is 0. The van der Waals surface area contributed by atoms with Crippen LogP contribution >= 0.6 is 0 Å². The fraction of sp³-hybridized carbons (Fsp3) is 0.484. The quantitative estimate of drug-likeness (QED) is 0.0990. The predicted molar refractivity (Wildman–Crippen MR) is 148 cm³/mol. The Bertz CT molecular complexity index is 902. The van der Waals surface area contributed by atoms with Gasteiger partial charge in [-0.2, -0.15) is 0 Å². The monoisotopic (exact) mass is 477 g/mol. The molecule has 0 amide bonds. The van der Waals surface area contributed by atoms with Crippen molar-refractivity contribution in [3.63, 3.8) is 0 Å². The van der Waals surface area contributed by atoms with Crippen molar-refractivity contribution in [1.82, 2.24) is 0 Å². The van der Waals surface area contributed by atoms with Crippen molar-refractivity contribution in [3.05, 3.63) is 65.7 Å². The Hall–Kier alpha value is -2.88. The summed E-state index contributed by atoms with van der Waals surface area (Å²) < 4.78 is 11.4. The first kappa shape index (κ1) is 28.4. The Morgan fingerprint density at radius 2 is 1.57 bits per heavy atom. The average Bonchev–Trinajstić information content (AvgIpc) is 2.86.